The summed E-state index contributed by atoms with van der Waals surface area (Å²) >= 11 is 3.33. The van der Waals surface area contributed by atoms with Gasteiger partial charge in [0, 0.05) is 0 Å². The molecule has 4 heteroatoms. The molecule has 56 valence electrons. The highest BCUT2D eigenvalue weighted by Gasteiger charge is 2.05. The molecule has 2 heterocycles. The van der Waals surface area contributed by atoms with Crippen molar-refractivity contribution < 1.29 is 4.42 Å². The summed E-state index contributed by atoms with van der Waals surface area (Å²) in [7, 11) is 0. The maximum Gasteiger partial charge on any atom is 0.152 e. The number of hydrogen-bond acceptors (Lipinski definition) is 2. The number of furan rings is 1. The zero-order valence-electron chi connectivity index (χ0n) is 5.54. The third-order valence-corrected chi connectivity index (χ3v) is 1.96. The molecule has 0 aromatic carbocycles. The van der Waals surface area contributed by atoms with Crippen LogP contribution in [0, 0.1) is 0 Å². The maximum absolute atomic E-state index is 5.16. The molecule has 0 saturated carbocycles. The third kappa shape index (κ3) is 1.09. The summed E-state index contributed by atoms with van der Waals surface area (Å²) in [6.45, 7) is 0. The van der Waals surface area contributed by atoms with Crippen LogP contribution in [0.4, 0.5) is 0 Å². The Morgan fingerprint density at radius 3 is 3.00 bits per heavy atom. The zero-order chi connectivity index (χ0) is 7.68. The van der Waals surface area contributed by atoms with Crippen molar-refractivity contribution >= 4 is 15.9 Å². The molecule has 0 bridgehead atoms. The molecule has 2 aromatic rings. The number of nitrogens with one attached hydrogen (secondary N) is 1. The Balaban J connectivity index is 2.53. The van der Waals surface area contributed by atoms with Gasteiger partial charge in [-0.2, -0.15) is 5.10 Å². The van der Waals surface area contributed by atoms with E-state index in [1.54, 1.807) is 12.5 Å². The van der Waals surface area contributed by atoms with Crippen LogP contribution in [0.3, 0.4) is 0 Å². The summed E-state index contributed by atoms with van der Waals surface area (Å²) in [4.78, 5) is 0. The lowest BCUT2D eigenvalue weighted by molar-refractivity contribution is 0.579. The second kappa shape index (κ2) is 2.54. The molecule has 0 fully saturated rings. The first-order valence-corrected chi connectivity index (χ1v) is 3.90. The van der Waals surface area contributed by atoms with Crippen molar-refractivity contribution in [1.82, 2.24) is 10.2 Å². The van der Waals surface area contributed by atoms with E-state index in [2.05, 4.69) is 26.1 Å². The fourth-order valence-corrected chi connectivity index (χ4v) is 1.25. The lowest BCUT2D eigenvalue weighted by Gasteiger charge is -1.89. The molecule has 1 N–H and O–H groups in total. The molecule has 0 aliphatic rings. The van der Waals surface area contributed by atoms with Crippen molar-refractivity contribution in [2.45, 2.75) is 0 Å². The van der Waals surface area contributed by atoms with Crippen molar-refractivity contribution in [3.8, 4) is 11.5 Å². The number of H-pyrrole nitrogens is 1. The number of halogens is 1. The van der Waals surface area contributed by atoms with Crippen LogP contribution < -0.4 is 0 Å². The van der Waals surface area contributed by atoms with E-state index in [1.807, 2.05) is 12.1 Å². The minimum atomic E-state index is 0.786. The molecular weight excluding hydrogens is 208 g/mol. The molecule has 0 saturated heterocycles. The van der Waals surface area contributed by atoms with Crippen LogP contribution in [0.25, 0.3) is 11.5 Å². The molecule has 0 atom stereocenters. The van der Waals surface area contributed by atoms with Crippen LogP contribution in [0.15, 0.2) is 33.5 Å². The van der Waals surface area contributed by atoms with E-state index in [0.717, 1.165) is 15.9 Å². The highest BCUT2D eigenvalue weighted by atomic mass is 79.9. The van der Waals surface area contributed by atoms with Gasteiger partial charge in [-0.05, 0) is 28.1 Å². The van der Waals surface area contributed by atoms with Crippen LogP contribution in [-0.2, 0) is 0 Å². The Morgan fingerprint density at radius 1 is 1.55 bits per heavy atom. The number of hydrogen-bond donors (Lipinski definition) is 1. The van der Waals surface area contributed by atoms with E-state index >= 15 is 0 Å². The molecule has 0 aliphatic carbocycles. The predicted molar refractivity (Wildman–Crippen MR) is 44.0 cm³/mol. The summed E-state index contributed by atoms with van der Waals surface area (Å²) in [5, 5.41) is 6.66. The molecule has 0 amide bonds. The first-order chi connectivity index (χ1) is 5.38. The van der Waals surface area contributed by atoms with Crippen LogP contribution in [-0.4, -0.2) is 10.2 Å². The minimum Gasteiger partial charge on any atom is -0.463 e. The van der Waals surface area contributed by atoms with Gasteiger partial charge in [0.05, 0.1) is 16.9 Å². The van der Waals surface area contributed by atoms with Gasteiger partial charge in [0.1, 0.15) is 5.69 Å². The third-order valence-electron chi connectivity index (χ3n) is 1.36. The van der Waals surface area contributed by atoms with Crippen LogP contribution in [0.5, 0.6) is 0 Å². The van der Waals surface area contributed by atoms with E-state index in [9.17, 15) is 0 Å². The molecule has 2 aromatic heterocycles. The summed E-state index contributed by atoms with van der Waals surface area (Å²) in [6, 6.07) is 3.71. The quantitative estimate of drug-likeness (QED) is 0.790. The van der Waals surface area contributed by atoms with Gasteiger partial charge in [0.15, 0.2) is 5.76 Å². The topological polar surface area (TPSA) is 41.8 Å². The van der Waals surface area contributed by atoms with Crippen molar-refractivity contribution in [1.29, 1.82) is 0 Å². The summed E-state index contributed by atoms with van der Waals surface area (Å²) in [6.07, 6.45) is 3.32. The molecule has 0 spiro atoms. The number of aromatic amines is 1. The summed E-state index contributed by atoms with van der Waals surface area (Å²) in [5.74, 6) is 0.786. The van der Waals surface area contributed by atoms with Crippen molar-refractivity contribution in [3.05, 3.63) is 29.1 Å². The van der Waals surface area contributed by atoms with Gasteiger partial charge in [-0.3, -0.25) is 5.10 Å². The summed E-state index contributed by atoms with van der Waals surface area (Å²) < 4.78 is 6.07. The predicted octanol–water partition coefficient (Wildman–Crippen LogP) is 2.43. The van der Waals surface area contributed by atoms with E-state index in [-0.39, 0.29) is 0 Å². The smallest absolute Gasteiger partial charge is 0.152 e. The molecule has 3 nitrogen and oxygen atoms in total. The molecule has 0 unspecified atom stereocenters. The van der Waals surface area contributed by atoms with Crippen molar-refractivity contribution in [3.63, 3.8) is 0 Å². The number of aromatic nitrogens is 2. The minimum absolute atomic E-state index is 0.786. The first-order valence-electron chi connectivity index (χ1n) is 3.10. The SMILES string of the molecule is Brc1cn[nH]c1-c1ccco1. The van der Waals surface area contributed by atoms with Crippen LogP contribution >= 0.6 is 15.9 Å². The lowest BCUT2D eigenvalue weighted by atomic mass is 10.3. The fraction of sp³-hybridized carbons (Fsp3) is 0. The van der Waals surface area contributed by atoms with Gasteiger partial charge in [-0.15, -0.1) is 0 Å². The van der Waals surface area contributed by atoms with Crippen LogP contribution in [0.2, 0.25) is 0 Å². The highest BCUT2D eigenvalue weighted by molar-refractivity contribution is 9.10. The largest absolute Gasteiger partial charge is 0.463 e. The van der Waals surface area contributed by atoms with E-state index in [1.165, 1.54) is 0 Å². The van der Waals surface area contributed by atoms with Gasteiger partial charge < -0.3 is 4.42 Å². The van der Waals surface area contributed by atoms with E-state index in [4.69, 9.17) is 4.42 Å². The van der Waals surface area contributed by atoms with E-state index < -0.39 is 0 Å². The lowest BCUT2D eigenvalue weighted by Crippen LogP contribution is -1.73. The average molecular weight is 213 g/mol. The van der Waals surface area contributed by atoms with Crippen molar-refractivity contribution in [2.75, 3.05) is 0 Å². The van der Waals surface area contributed by atoms with Crippen molar-refractivity contribution in [2.24, 2.45) is 0 Å². The molecule has 11 heavy (non-hydrogen) atoms. The molecule has 0 aliphatic heterocycles. The van der Waals surface area contributed by atoms with Crippen LogP contribution in [0.1, 0.15) is 0 Å². The van der Waals surface area contributed by atoms with Gasteiger partial charge in [-0.1, -0.05) is 0 Å². The normalized spacial score (nSPS) is 10.3. The molecular formula is C7H5BrN2O. The van der Waals surface area contributed by atoms with Gasteiger partial charge in [0.25, 0.3) is 0 Å². The van der Waals surface area contributed by atoms with Gasteiger partial charge in [0.2, 0.25) is 0 Å². The number of nitrogens with zero attached hydrogens (tertiary/aromatic N) is 1. The second-order valence-electron chi connectivity index (χ2n) is 2.07. The first kappa shape index (κ1) is 6.67. The fourth-order valence-electron chi connectivity index (χ4n) is 0.865. The zero-order valence-corrected chi connectivity index (χ0v) is 7.13. The Hall–Kier alpha value is -1.03. The molecule has 2 rings (SSSR count). The summed E-state index contributed by atoms with van der Waals surface area (Å²) in [5.41, 5.74) is 0.870. The monoisotopic (exact) mass is 212 g/mol. The second-order valence-corrected chi connectivity index (χ2v) is 2.92. The maximum atomic E-state index is 5.16. The Labute approximate surface area is 71.5 Å². The Kier molecular flexibility index (Phi) is 1.54. The molecule has 0 radical (unpaired) electrons. The highest BCUT2D eigenvalue weighted by Crippen LogP contribution is 2.25. The van der Waals surface area contributed by atoms with E-state index in [0.29, 0.717) is 0 Å². The standard InChI is InChI=1S/C7H5BrN2O/c8-5-4-9-10-7(5)6-2-1-3-11-6/h1-4H,(H,9,10). The number of rotatable bonds is 1. The average Bonchev–Trinajstić information content (AvgIpc) is 2.55. The van der Waals surface area contributed by atoms with Gasteiger partial charge >= 0.3 is 0 Å². The van der Waals surface area contributed by atoms with Gasteiger partial charge in [-0.25, -0.2) is 0 Å². The Morgan fingerprint density at radius 2 is 2.45 bits per heavy atom. The Bertz CT molecular complexity index is 339.